The van der Waals surface area contributed by atoms with E-state index >= 15 is 0 Å². The zero-order valence-electron chi connectivity index (χ0n) is 17.1. The lowest BCUT2D eigenvalue weighted by atomic mass is 10.2. The highest BCUT2D eigenvalue weighted by molar-refractivity contribution is 8.26. The number of thioether (sulfide) groups is 1. The molecule has 3 aromatic rings. The summed E-state index contributed by atoms with van der Waals surface area (Å²) in [5.41, 5.74) is 1.27. The van der Waals surface area contributed by atoms with Crippen LogP contribution in [0.3, 0.4) is 0 Å². The molecule has 32 heavy (non-hydrogen) atoms. The predicted octanol–water partition coefficient (Wildman–Crippen LogP) is 2.51. The maximum Gasteiger partial charge on any atom is 0.267 e. The van der Waals surface area contributed by atoms with E-state index < -0.39 is 0 Å². The number of thiocarbonyl (C=S) groups is 1. The molecule has 2 aromatic heterocycles. The third-order valence-corrected chi connectivity index (χ3v) is 6.20. The van der Waals surface area contributed by atoms with Crippen LogP contribution in [0.1, 0.15) is 11.1 Å². The van der Waals surface area contributed by atoms with Gasteiger partial charge in [-0.3, -0.25) is 18.9 Å². The summed E-state index contributed by atoms with van der Waals surface area (Å²) in [5, 5.41) is 12.2. The molecule has 1 aliphatic rings. The third kappa shape index (κ3) is 4.38. The zero-order chi connectivity index (χ0) is 22.7. The summed E-state index contributed by atoms with van der Waals surface area (Å²) in [6, 6.07) is 12.6. The summed E-state index contributed by atoms with van der Waals surface area (Å²) in [5.74, 6) is 0.753. The van der Waals surface area contributed by atoms with Crippen molar-refractivity contribution in [1.29, 1.82) is 0 Å². The van der Waals surface area contributed by atoms with Crippen LogP contribution >= 0.6 is 24.0 Å². The van der Waals surface area contributed by atoms with Crippen LogP contribution in [0, 0.1) is 0 Å². The number of aliphatic hydroxyl groups excluding tert-OH is 1. The number of nitrogens with one attached hydrogen (secondary N) is 1. The minimum atomic E-state index is -0.323. The van der Waals surface area contributed by atoms with Crippen molar-refractivity contribution in [2.45, 2.75) is 6.54 Å². The molecule has 0 unspecified atom stereocenters. The average molecular weight is 469 g/mol. The minimum absolute atomic E-state index is 0.126. The second-order valence-corrected chi connectivity index (χ2v) is 8.55. The first kappa shape index (κ1) is 22.0. The van der Waals surface area contributed by atoms with Gasteiger partial charge >= 0.3 is 0 Å². The Balaban J connectivity index is 1.68. The Morgan fingerprint density at radius 1 is 1.22 bits per heavy atom. The number of carbonyl (C=O) groups is 1. The lowest BCUT2D eigenvalue weighted by Crippen LogP contribution is -2.27. The van der Waals surface area contributed by atoms with E-state index in [1.165, 1.54) is 15.4 Å². The molecule has 3 heterocycles. The standard InChI is InChI=1S/C22H20N4O4S2/c1-30-15-7-5-14(6-8-15)13-26-21(29)17(32-22(26)31)12-16-19(23-9-11-27)24-18-4-2-3-10-25(18)20(16)28/h2-8,10,12,23,27H,9,11,13H2,1H3/b17-12+. The molecule has 0 radical (unpaired) electrons. The second-order valence-electron chi connectivity index (χ2n) is 6.87. The Labute approximate surface area is 193 Å². The van der Waals surface area contributed by atoms with Gasteiger partial charge < -0.3 is 15.2 Å². The number of aromatic nitrogens is 2. The van der Waals surface area contributed by atoms with Crippen LogP contribution < -0.4 is 15.6 Å². The van der Waals surface area contributed by atoms with Gasteiger partial charge in [0.15, 0.2) is 0 Å². The van der Waals surface area contributed by atoms with Crippen molar-refractivity contribution >= 4 is 51.7 Å². The topological polar surface area (TPSA) is 96.2 Å². The number of amides is 1. The van der Waals surface area contributed by atoms with Crippen molar-refractivity contribution in [1.82, 2.24) is 14.3 Å². The van der Waals surface area contributed by atoms with Crippen LogP contribution in [0.25, 0.3) is 11.7 Å². The number of aliphatic hydroxyl groups is 1. The number of carbonyl (C=O) groups excluding carboxylic acids is 1. The number of nitrogens with zero attached hydrogens (tertiary/aromatic N) is 3. The number of rotatable bonds is 7. The first-order valence-corrected chi connectivity index (χ1v) is 11.0. The molecule has 1 amide bonds. The van der Waals surface area contributed by atoms with E-state index in [9.17, 15) is 14.7 Å². The Morgan fingerprint density at radius 2 is 2.00 bits per heavy atom. The van der Waals surface area contributed by atoms with E-state index in [1.54, 1.807) is 31.5 Å². The normalized spacial score (nSPS) is 15.1. The SMILES string of the molecule is COc1ccc(CN2C(=O)/C(=C\c3c(NCCO)nc4ccccn4c3=O)SC2=S)cc1. The molecule has 1 aromatic carbocycles. The lowest BCUT2D eigenvalue weighted by molar-refractivity contribution is -0.122. The first-order chi connectivity index (χ1) is 15.5. The van der Waals surface area contributed by atoms with Crippen molar-refractivity contribution in [3.05, 3.63) is 75.0 Å². The number of hydrogen-bond acceptors (Lipinski definition) is 8. The van der Waals surface area contributed by atoms with E-state index in [0.717, 1.165) is 23.1 Å². The van der Waals surface area contributed by atoms with Crippen molar-refractivity contribution in [2.24, 2.45) is 0 Å². The van der Waals surface area contributed by atoms with Gasteiger partial charge in [-0.25, -0.2) is 4.98 Å². The van der Waals surface area contributed by atoms with Gasteiger partial charge in [0.2, 0.25) is 0 Å². The van der Waals surface area contributed by atoms with Crippen LogP contribution in [0.15, 0.2) is 58.4 Å². The molecule has 8 nitrogen and oxygen atoms in total. The first-order valence-electron chi connectivity index (χ1n) is 9.76. The largest absolute Gasteiger partial charge is 0.497 e. The number of benzene rings is 1. The fourth-order valence-corrected chi connectivity index (χ4v) is 4.46. The smallest absolute Gasteiger partial charge is 0.267 e. The van der Waals surface area contributed by atoms with E-state index in [1.807, 2.05) is 24.3 Å². The number of anilines is 1. The number of hydrogen-bond donors (Lipinski definition) is 2. The molecule has 1 aliphatic heterocycles. The van der Waals surface area contributed by atoms with Crippen molar-refractivity contribution in [3.8, 4) is 5.75 Å². The highest BCUT2D eigenvalue weighted by Crippen LogP contribution is 2.34. The van der Waals surface area contributed by atoms with Crippen molar-refractivity contribution in [3.63, 3.8) is 0 Å². The summed E-state index contributed by atoms with van der Waals surface area (Å²) in [6.07, 6.45) is 3.13. The number of methoxy groups -OCH3 is 1. The second kappa shape index (κ2) is 9.51. The molecule has 164 valence electrons. The molecule has 0 bridgehead atoms. The number of ether oxygens (including phenoxy) is 1. The fourth-order valence-electron chi connectivity index (χ4n) is 3.22. The Kier molecular flexibility index (Phi) is 6.54. The van der Waals surface area contributed by atoms with Gasteiger partial charge in [-0.1, -0.05) is 42.2 Å². The summed E-state index contributed by atoms with van der Waals surface area (Å²) in [7, 11) is 1.59. The van der Waals surface area contributed by atoms with Crippen LogP contribution in [0.2, 0.25) is 0 Å². The van der Waals surface area contributed by atoms with Crippen LogP contribution in [-0.4, -0.2) is 49.9 Å². The molecule has 10 heteroatoms. The molecule has 2 N–H and O–H groups in total. The van der Waals surface area contributed by atoms with Gasteiger partial charge in [0.05, 0.1) is 30.7 Å². The van der Waals surface area contributed by atoms with Gasteiger partial charge in [-0.2, -0.15) is 0 Å². The Hall–Kier alpha value is -3.21. The molecular weight excluding hydrogens is 448 g/mol. The summed E-state index contributed by atoms with van der Waals surface area (Å²) in [4.78, 5) is 32.5. The van der Waals surface area contributed by atoms with E-state index in [0.29, 0.717) is 27.2 Å². The van der Waals surface area contributed by atoms with Gasteiger partial charge in [0.1, 0.15) is 21.5 Å². The summed E-state index contributed by atoms with van der Waals surface area (Å²) >= 11 is 6.57. The van der Waals surface area contributed by atoms with Crippen molar-refractivity contribution in [2.75, 3.05) is 25.6 Å². The lowest BCUT2D eigenvalue weighted by Gasteiger charge is -2.14. The van der Waals surface area contributed by atoms with E-state index in [-0.39, 0.29) is 30.2 Å². The maximum atomic E-state index is 13.1. The summed E-state index contributed by atoms with van der Waals surface area (Å²) < 4.78 is 6.99. The highest BCUT2D eigenvalue weighted by atomic mass is 32.2. The van der Waals surface area contributed by atoms with Crippen molar-refractivity contribution < 1.29 is 14.6 Å². The molecule has 0 atom stereocenters. The third-order valence-electron chi connectivity index (χ3n) is 4.82. The van der Waals surface area contributed by atoms with Gasteiger partial charge in [-0.05, 0) is 35.9 Å². The minimum Gasteiger partial charge on any atom is -0.497 e. The number of pyridine rings is 1. The van der Waals surface area contributed by atoms with E-state index in [2.05, 4.69) is 10.3 Å². The zero-order valence-corrected chi connectivity index (χ0v) is 18.8. The molecule has 1 saturated heterocycles. The molecule has 0 spiro atoms. The highest BCUT2D eigenvalue weighted by Gasteiger charge is 2.32. The maximum absolute atomic E-state index is 13.1. The fraction of sp³-hybridized carbons (Fsp3) is 0.182. The van der Waals surface area contributed by atoms with Gasteiger partial charge in [0, 0.05) is 12.7 Å². The summed E-state index contributed by atoms with van der Waals surface area (Å²) in [6.45, 7) is 0.407. The quantitative estimate of drug-likeness (QED) is 0.403. The number of fused-ring (bicyclic) bond motifs is 1. The molecule has 0 aliphatic carbocycles. The predicted molar refractivity (Wildman–Crippen MR) is 129 cm³/mol. The Morgan fingerprint density at radius 3 is 2.72 bits per heavy atom. The van der Waals surface area contributed by atoms with Gasteiger partial charge in [-0.15, -0.1) is 0 Å². The molecular formula is C22H20N4O4S2. The van der Waals surface area contributed by atoms with E-state index in [4.69, 9.17) is 17.0 Å². The van der Waals surface area contributed by atoms with Crippen LogP contribution in [0.4, 0.5) is 5.82 Å². The van der Waals surface area contributed by atoms with Gasteiger partial charge in [0.25, 0.3) is 11.5 Å². The monoisotopic (exact) mass is 468 g/mol. The van der Waals surface area contributed by atoms with Crippen LogP contribution in [0.5, 0.6) is 5.75 Å². The van der Waals surface area contributed by atoms with Crippen LogP contribution in [-0.2, 0) is 11.3 Å². The molecule has 0 saturated carbocycles. The Bertz CT molecular complexity index is 1270. The average Bonchev–Trinajstić information content (AvgIpc) is 3.07. The molecule has 1 fully saturated rings. The molecule has 4 rings (SSSR count).